The summed E-state index contributed by atoms with van der Waals surface area (Å²) in [5.41, 5.74) is 6.90. The molecule has 0 unspecified atom stereocenters. The Morgan fingerprint density at radius 3 is 2.40 bits per heavy atom. The molecule has 0 saturated heterocycles. The molecular formula is C16H13NO3. The Hall–Kier alpha value is -2.88. The topological polar surface area (TPSA) is 69.4 Å². The maximum atomic E-state index is 12.4. The summed E-state index contributed by atoms with van der Waals surface area (Å²) in [5.74, 6) is -0.923. The van der Waals surface area contributed by atoms with Crippen molar-refractivity contribution >= 4 is 17.4 Å². The van der Waals surface area contributed by atoms with Gasteiger partial charge in [-0.1, -0.05) is 36.9 Å². The summed E-state index contributed by atoms with van der Waals surface area (Å²) in [6.45, 7) is 3.32. The van der Waals surface area contributed by atoms with Crippen LogP contribution >= 0.6 is 0 Å². The fraction of sp³-hybridized carbons (Fsp3) is 0. The molecule has 2 aromatic rings. The Bertz CT molecular complexity index is 663. The number of hydrogen-bond acceptors (Lipinski definition) is 4. The molecule has 0 amide bonds. The van der Waals surface area contributed by atoms with Crippen LogP contribution in [-0.2, 0) is 4.74 Å². The molecule has 0 atom stereocenters. The Morgan fingerprint density at radius 2 is 1.75 bits per heavy atom. The first-order valence-corrected chi connectivity index (χ1v) is 5.94. The van der Waals surface area contributed by atoms with Gasteiger partial charge in [0.2, 0.25) is 0 Å². The minimum Gasteiger partial charge on any atom is -0.432 e. The van der Waals surface area contributed by atoms with Crippen LogP contribution in [0.4, 0.5) is 5.69 Å². The summed E-state index contributed by atoms with van der Waals surface area (Å²) in [6.07, 6.45) is 1.02. The molecule has 2 N–H and O–H groups in total. The largest absolute Gasteiger partial charge is 0.432 e. The quantitative estimate of drug-likeness (QED) is 0.400. The Kier molecular flexibility index (Phi) is 3.96. The predicted molar refractivity (Wildman–Crippen MR) is 76.3 cm³/mol. The molecule has 100 valence electrons. The smallest absolute Gasteiger partial charge is 0.343 e. The SMILES string of the molecule is C=COC(=O)c1cc(N)ccc1C(=O)c1ccccc1. The predicted octanol–water partition coefficient (Wildman–Crippen LogP) is 2.80. The van der Waals surface area contributed by atoms with Crippen molar-refractivity contribution in [3.05, 3.63) is 78.1 Å². The molecule has 2 rings (SSSR count). The average Bonchev–Trinajstić information content (AvgIpc) is 2.47. The number of nitrogen functional groups attached to an aromatic ring is 1. The number of esters is 1. The van der Waals surface area contributed by atoms with Crippen LogP contribution in [0.5, 0.6) is 0 Å². The monoisotopic (exact) mass is 267 g/mol. The zero-order valence-corrected chi connectivity index (χ0v) is 10.7. The van der Waals surface area contributed by atoms with Crippen molar-refractivity contribution in [1.82, 2.24) is 0 Å². The second kappa shape index (κ2) is 5.84. The second-order valence-corrected chi connectivity index (χ2v) is 4.07. The third kappa shape index (κ3) is 2.75. The summed E-state index contributed by atoms with van der Waals surface area (Å²) in [7, 11) is 0. The van der Waals surface area contributed by atoms with E-state index in [0.29, 0.717) is 11.3 Å². The minimum atomic E-state index is -0.661. The molecule has 2 aromatic carbocycles. The van der Waals surface area contributed by atoms with Gasteiger partial charge in [-0.2, -0.15) is 0 Å². The maximum Gasteiger partial charge on any atom is 0.343 e. The van der Waals surface area contributed by atoms with E-state index in [9.17, 15) is 9.59 Å². The summed E-state index contributed by atoms with van der Waals surface area (Å²) >= 11 is 0. The van der Waals surface area contributed by atoms with E-state index in [4.69, 9.17) is 10.5 Å². The lowest BCUT2D eigenvalue weighted by Gasteiger charge is -2.08. The van der Waals surface area contributed by atoms with E-state index in [0.717, 1.165) is 6.26 Å². The van der Waals surface area contributed by atoms with Crippen molar-refractivity contribution in [3.63, 3.8) is 0 Å². The molecule has 0 radical (unpaired) electrons. The number of ketones is 1. The van der Waals surface area contributed by atoms with Gasteiger partial charge in [0.25, 0.3) is 0 Å². The van der Waals surface area contributed by atoms with E-state index in [-0.39, 0.29) is 16.9 Å². The van der Waals surface area contributed by atoms with Gasteiger partial charge in [0.15, 0.2) is 5.78 Å². The van der Waals surface area contributed by atoms with E-state index >= 15 is 0 Å². The van der Waals surface area contributed by atoms with E-state index in [1.54, 1.807) is 30.3 Å². The second-order valence-electron chi connectivity index (χ2n) is 4.07. The highest BCUT2D eigenvalue weighted by Crippen LogP contribution is 2.19. The average molecular weight is 267 g/mol. The van der Waals surface area contributed by atoms with Crippen LogP contribution in [0.2, 0.25) is 0 Å². The van der Waals surface area contributed by atoms with Gasteiger partial charge in [0.1, 0.15) is 0 Å². The van der Waals surface area contributed by atoms with Gasteiger partial charge in [-0.3, -0.25) is 4.79 Å². The summed E-state index contributed by atoms with van der Waals surface area (Å²) in [5, 5.41) is 0. The van der Waals surface area contributed by atoms with Crippen LogP contribution in [0, 0.1) is 0 Å². The number of nitrogens with two attached hydrogens (primary N) is 1. The Morgan fingerprint density at radius 1 is 1.05 bits per heavy atom. The summed E-state index contributed by atoms with van der Waals surface area (Å²) in [6, 6.07) is 13.2. The Labute approximate surface area is 116 Å². The van der Waals surface area contributed by atoms with Gasteiger partial charge in [-0.05, 0) is 18.2 Å². The molecule has 0 bridgehead atoms. The van der Waals surface area contributed by atoms with Crippen molar-refractivity contribution in [1.29, 1.82) is 0 Å². The number of anilines is 1. The van der Waals surface area contributed by atoms with Gasteiger partial charge in [-0.25, -0.2) is 4.79 Å². The van der Waals surface area contributed by atoms with Crippen molar-refractivity contribution in [2.24, 2.45) is 0 Å². The third-order valence-electron chi connectivity index (χ3n) is 2.73. The first-order valence-electron chi connectivity index (χ1n) is 5.94. The molecule has 0 heterocycles. The molecule has 4 nitrogen and oxygen atoms in total. The number of ether oxygens (including phenoxy) is 1. The number of carbonyl (C=O) groups is 2. The van der Waals surface area contributed by atoms with E-state index < -0.39 is 5.97 Å². The molecule has 0 spiro atoms. The first-order chi connectivity index (χ1) is 9.63. The molecule has 0 aliphatic carbocycles. The fourth-order valence-electron chi connectivity index (χ4n) is 1.81. The lowest BCUT2D eigenvalue weighted by molar-refractivity contribution is 0.0660. The number of benzene rings is 2. The standard InChI is InChI=1S/C16H13NO3/c1-2-20-16(19)14-10-12(17)8-9-13(14)15(18)11-6-4-3-5-7-11/h2-10H,1,17H2. The summed E-state index contributed by atoms with van der Waals surface area (Å²) < 4.78 is 4.73. The summed E-state index contributed by atoms with van der Waals surface area (Å²) in [4.78, 5) is 24.3. The van der Waals surface area contributed by atoms with E-state index in [1.165, 1.54) is 12.1 Å². The van der Waals surface area contributed by atoms with Crippen molar-refractivity contribution < 1.29 is 14.3 Å². The molecular weight excluding hydrogens is 254 g/mol. The van der Waals surface area contributed by atoms with E-state index in [1.807, 2.05) is 6.07 Å². The van der Waals surface area contributed by atoms with Gasteiger partial charge < -0.3 is 10.5 Å². The zero-order chi connectivity index (χ0) is 14.5. The molecule has 0 aliphatic rings. The van der Waals surface area contributed by atoms with Gasteiger partial charge in [0.05, 0.1) is 11.8 Å². The first kappa shape index (κ1) is 13.5. The van der Waals surface area contributed by atoms with Crippen molar-refractivity contribution in [3.8, 4) is 0 Å². The molecule has 0 saturated carbocycles. The molecule has 0 aromatic heterocycles. The highest BCUT2D eigenvalue weighted by molar-refractivity contribution is 6.14. The lowest BCUT2D eigenvalue weighted by Crippen LogP contribution is -2.11. The van der Waals surface area contributed by atoms with Crippen LogP contribution < -0.4 is 5.73 Å². The number of rotatable bonds is 4. The van der Waals surface area contributed by atoms with Crippen molar-refractivity contribution in [2.75, 3.05) is 5.73 Å². The van der Waals surface area contributed by atoms with Gasteiger partial charge in [0, 0.05) is 16.8 Å². The number of carbonyl (C=O) groups excluding carboxylic acids is 2. The minimum absolute atomic E-state index is 0.124. The molecule has 0 aliphatic heterocycles. The van der Waals surface area contributed by atoms with E-state index in [2.05, 4.69) is 6.58 Å². The van der Waals surface area contributed by atoms with Crippen LogP contribution in [-0.4, -0.2) is 11.8 Å². The third-order valence-corrected chi connectivity index (χ3v) is 2.73. The zero-order valence-electron chi connectivity index (χ0n) is 10.7. The number of hydrogen-bond donors (Lipinski definition) is 1. The highest BCUT2D eigenvalue weighted by atomic mass is 16.5. The lowest BCUT2D eigenvalue weighted by atomic mass is 9.98. The Balaban J connectivity index is 2.49. The molecule has 20 heavy (non-hydrogen) atoms. The van der Waals surface area contributed by atoms with Crippen LogP contribution in [0.25, 0.3) is 0 Å². The highest BCUT2D eigenvalue weighted by Gasteiger charge is 2.19. The van der Waals surface area contributed by atoms with Crippen LogP contribution in [0.1, 0.15) is 26.3 Å². The fourth-order valence-corrected chi connectivity index (χ4v) is 1.81. The van der Waals surface area contributed by atoms with Crippen LogP contribution in [0.15, 0.2) is 61.4 Å². The molecule has 0 fully saturated rings. The van der Waals surface area contributed by atoms with Gasteiger partial charge in [-0.15, -0.1) is 0 Å². The molecule has 4 heteroatoms. The normalized spacial score (nSPS) is 9.80. The maximum absolute atomic E-state index is 12.4. The van der Waals surface area contributed by atoms with Crippen molar-refractivity contribution in [2.45, 2.75) is 0 Å². The van der Waals surface area contributed by atoms with Crippen LogP contribution in [0.3, 0.4) is 0 Å². The van der Waals surface area contributed by atoms with Gasteiger partial charge >= 0.3 is 5.97 Å².